The lowest BCUT2D eigenvalue weighted by molar-refractivity contribution is -0.131. The second kappa shape index (κ2) is 12.9. The molecule has 44 heavy (non-hydrogen) atoms. The lowest BCUT2D eigenvalue weighted by atomic mass is 9.97. The molecule has 6 rings (SSSR count). The predicted molar refractivity (Wildman–Crippen MR) is 170 cm³/mol. The number of fused-ring (bicyclic) bond motifs is 2. The van der Waals surface area contributed by atoms with Gasteiger partial charge in [0.25, 0.3) is 5.91 Å². The molecule has 226 valence electrons. The Balaban J connectivity index is 1.45. The van der Waals surface area contributed by atoms with Crippen molar-refractivity contribution in [3.63, 3.8) is 0 Å². The second-order valence-electron chi connectivity index (χ2n) is 11.7. The Bertz CT molecular complexity index is 1700. The van der Waals surface area contributed by atoms with E-state index in [-0.39, 0.29) is 31.4 Å². The summed E-state index contributed by atoms with van der Waals surface area (Å²) < 4.78 is 20.2. The van der Waals surface area contributed by atoms with E-state index in [1.54, 1.807) is 0 Å². The molecule has 2 atom stereocenters. The third-order valence-corrected chi connectivity index (χ3v) is 10.2. The summed E-state index contributed by atoms with van der Waals surface area (Å²) in [5.74, 6) is -0.477. The van der Waals surface area contributed by atoms with Crippen LogP contribution in [0.25, 0.3) is 22.0 Å². The maximum Gasteiger partial charge on any atom is 0.282 e. The summed E-state index contributed by atoms with van der Waals surface area (Å²) in [5, 5.41) is 20.8. The summed E-state index contributed by atoms with van der Waals surface area (Å²) in [5.41, 5.74) is 5.28. The molecule has 8 nitrogen and oxygen atoms in total. The number of halogens is 1. The van der Waals surface area contributed by atoms with Crippen LogP contribution in [0, 0.1) is 22.7 Å². The Morgan fingerprint density at radius 1 is 1.18 bits per heavy atom. The lowest BCUT2D eigenvalue weighted by Gasteiger charge is -2.42. The molecule has 2 fully saturated rings. The van der Waals surface area contributed by atoms with Crippen LogP contribution in [0.4, 0.5) is 10.1 Å². The second-order valence-corrected chi connectivity index (χ2v) is 12.8. The Morgan fingerprint density at radius 3 is 2.80 bits per heavy atom. The number of likely N-dealkylation sites (N-methyl/N-ethyl adjacent to an activating group) is 1. The van der Waals surface area contributed by atoms with E-state index in [4.69, 9.17) is 9.72 Å². The number of thioether (sulfide) groups is 1. The Kier molecular flexibility index (Phi) is 8.74. The number of benzene rings is 2. The number of amides is 1. The van der Waals surface area contributed by atoms with Crippen LogP contribution in [-0.4, -0.2) is 78.4 Å². The van der Waals surface area contributed by atoms with E-state index in [1.807, 2.05) is 22.7 Å². The molecule has 0 bridgehead atoms. The first-order chi connectivity index (χ1) is 21.4. The molecule has 0 spiro atoms. The van der Waals surface area contributed by atoms with Crippen molar-refractivity contribution in [2.24, 2.45) is 0 Å². The molecule has 0 N–H and O–H groups in total. The molecule has 4 heterocycles. The fourth-order valence-electron chi connectivity index (χ4n) is 6.67. The molecule has 1 amide bonds. The van der Waals surface area contributed by atoms with Crippen molar-refractivity contribution in [1.29, 1.82) is 10.5 Å². The van der Waals surface area contributed by atoms with Crippen LogP contribution in [0.1, 0.15) is 36.8 Å². The zero-order valence-corrected chi connectivity index (χ0v) is 25.7. The van der Waals surface area contributed by atoms with Crippen LogP contribution >= 0.6 is 11.8 Å². The third-order valence-electron chi connectivity index (χ3n) is 8.98. The number of carbonyl (C=O) groups is 1. The normalized spacial score (nSPS) is 20.2. The van der Waals surface area contributed by atoms with E-state index in [0.717, 1.165) is 42.5 Å². The van der Waals surface area contributed by atoms with Crippen LogP contribution in [0.2, 0.25) is 0 Å². The molecule has 10 heteroatoms. The number of rotatable bonds is 7. The highest BCUT2D eigenvalue weighted by molar-refractivity contribution is 7.99. The molecule has 0 saturated carbocycles. The molecule has 0 radical (unpaired) electrons. The quantitative estimate of drug-likeness (QED) is 0.315. The van der Waals surface area contributed by atoms with E-state index in [0.29, 0.717) is 29.9 Å². The minimum absolute atomic E-state index is 0.0265. The van der Waals surface area contributed by atoms with Gasteiger partial charge in [-0.05, 0) is 67.8 Å². The van der Waals surface area contributed by atoms with Gasteiger partial charge in [-0.25, -0.2) is 9.37 Å². The number of aryl methyl sites for hydroxylation is 1. The number of pyridine rings is 1. The van der Waals surface area contributed by atoms with Crippen molar-refractivity contribution in [3.8, 4) is 29.1 Å². The van der Waals surface area contributed by atoms with Gasteiger partial charge < -0.3 is 19.4 Å². The smallest absolute Gasteiger partial charge is 0.282 e. The first kappa shape index (κ1) is 29.9. The highest BCUT2D eigenvalue weighted by atomic mass is 32.2. The number of nitriles is 2. The number of piperazine rings is 1. The minimum Gasteiger partial charge on any atom is -0.475 e. The van der Waals surface area contributed by atoms with E-state index >= 15 is 0 Å². The number of ether oxygens (including phenoxy) is 1. The largest absolute Gasteiger partial charge is 0.475 e. The number of carbonyl (C=O) groups excluding carboxylic acids is 1. The first-order valence-corrected chi connectivity index (χ1v) is 16.1. The number of anilines is 1. The highest BCUT2D eigenvalue weighted by Crippen LogP contribution is 2.42. The summed E-state index contributed by atoms with van der Waals surface area (Å²) in [6, 6.07) is 16.8. The summed E-state index contributed by atoms with van der Waals surface area (Å²) in [6.45, 7) is 5.40. The van der Waals surface area contributed by atoms with Gasteiger partial charge in [0.15, 0.2) is 5.83 Å². The molecule has 0 aliphatic carbocycles. The van der Waals surface area contributed by atoms with E-state index in [9.17, 15) is 19.7 Å². The van der Waals surface area contributed by atoms with Gasteiger partial charge in [-0.1, -0.05) is 36.9 Å². The molecule has 2 saturated heterocycles. The standard InChI is InChI=1S/C34H35FN6O2S/c1-22(35)34(42)41-16-15-40(20-25(41)12-13-36)31-28-11-10-24(27-9-3-6-23-7-5-17-44-32(23)27)18-30(28)38-33(29(31)19-37)43-21-26-8-4-14-39(26)2/h3,6,9-11,18,25-26H,1,4-5,7-8,12,14-17,20-21H2,2H3/t25-,26-/m0/s1. The maximum atomic E-state index is 13.9. The molecular formula is C34H35FN6O2S. The lowest BCUT2D eigenvalue weighted by Crippen LogP contribution is -2.55. The Morgan fingerprint density at radius 2 is 2.05 bits per heavy atom. The number of hydrogen-bond acceptors (Lipinski definition) is 8. The van der Waals surface area contributed by atoms with E-state index in [2.05, 4.69) is 61.0 Å². The van der Waals surface area contributed by atoms with Crippen molar-refractivity contribution in [1.82, 2.24) is 14.8 Å². The van der Waals surface area contributed by atoms with Gasteiger partial charge in [0.05, 0.1) is 29.7 Å². The number of hydrogen-bond donors (Lipinski definition) is 0. The molecule has 2 aromatic carbocycles. The van der Waals surface area contributed by atoms with Gasteiger partial charge in [0, 0.05) is 36.0 Å². The van der Waals surface area contributed by atoms with Crippen molar-refractivity contribution < 1.29 is 13.9 Å². The van der Waals surface area contributed by atoms with Crippen molar-refractivity contribution in [2.45, 2.75) is 49.1 Å². The van der Waals surface area contributed by atoms with Crippen LogP contribution in [0.15, 0.2) is 53.7 Å². The average molecular weight is 611 g/mol. The van der Waals surface area contributed by atoms with Crippen LogP contribution in [0.5, 0.6) is 5.88 Å². The average Bonchev–Trinajstić information content (AvgIpc) is 3.46. The molecular weight excluding hydrogens is 575 g/mol. The van der Waals surface area contributed by atoms with Gasteiger partial charge in [0.1, 0.15) is 18.2 Å². The van der Waals surface area contributed by atoms with Gasteiger partial charge in [-0.15, -0.1) is 11.8 Å². The van der Waals surface area contributed by atoms with Gasteiger partial charge in [-0.2, -0.15) is 10.5 Å². The highest BCUT2D eigenvalue weighted by Gasteiger charge is 2.34. The fourth-order valence-corrected chi connectivity index (χ4v) is 7.86. The number of aromatic nitrogens is 1. The third kappa shape index (κ3) is 5.72. The van der Waals surface area contributed by atoms with Crippen LogP contribution in [0.3, 0.4) is 0 Å². The van der Waals surface area contributed by atoms with Crippen LogP contribution < -0.4 is 9.64 Å². The zero-order valence-electron chi connectivity index (χ0n) is 24.9. The number of nitrogens with zero attached hydrogens (tertiary/aromatic N) is 6. The molecule has 3 aliphatic heterocycles. The van der Waals surface area contributed by atoms with E-state index < -0.39 is 17.8 Å². The molecule has 1 aromatic heterocycles. The van der Waals surface area contributed by atoms with Crippen molar-refractivity contribution in [3.05, 3.63) is 59.9 Å². The summed E-state index contributed by atoms with van der Waals surface area (Å²) in [4.78, 5) is 24.5. The SMILES string of the molecule is C=C(F)C(=O)N1CCN(c2c(C#N)c(OC[C@@H]3CCCN3C)nc3cc(-c4cccc5c4SCCC5)ccc23)C[C@@H]1CC#N. The fraction of sp³-hybridized carbons (Fsp3) is 0.412. The summed E-state index contributed by atoms with van der Waals surface area (Å²) >= 11 is 1.89. The van der Waals surface area contributed by atoms with Gasteiger partial charge in [-0.3, -0.25) is 4.79 Å². The van der Waals surface area contributed by atoms with Crippen molar-refractivity contribution >= 4 is 34.3 Å². The first-order valence-electron chi connectivity index (χ1n) is 15.1. The maximum absolute atomic E-state index is 13.9. The molecule has 3 aromatic rings. The number of likely N-dealkylation sites (tertiary alicyclic amines) is 1. The van der Waals surface area contributed by atoms with Gasteiger partial charge in [0.2, 0.25) is 5.88 Å². The monoisotopic (exact) mass is 610 g/mol. The predicted octanol–water partition coefficient (Wildman–Crippen LogP) is 5.70. The Hall–Kier alpha value is -4.12. The topological polar surface area (TPSA) is 96.5 Å². The zero-order chi connectivity index (χ0) is 30.8. The summed E-state index contributed by atoms with van der Waals surface area (Å²) in [6.07, 6.45) is 4.38. The molecule has 0 unspecified atom stereocenters. The Labute approximate surface area is 261 Å². The minimum atomic E-state index is -1.05. The molecule has 3 aliphatic rings. The van der Waals surface area contributed by atoms with Crippen molar-refractivity contribution in [2.75, 3.05) is 50.5 Å². The van der Waals surface area contributed by atoms with E-state index in [1.165, 1.54) is 27.3 Å². The van der Waals surface area contributed by atoms with Crippen LogP contribution in [-0.2, 0) is 11.2 Å². The summed E-state index contributed by atoms with van der Waals surface area (Å²) in [7, 11) is 2.08. The van der Waals surface area contributed by atoms with Gasteiger partial charge >= 0.3 is 0 Å².